The minimum atomic E-state index is -0.568. The molecule has 7 nitrogen and oxygen atoms in total. The number of hydrogen-bond acceptors (Lipinski definition) is 5. The van der Waals surface area contributed by atoms with E-state index >= 15 is 0 Å². The number of nitrogens with two attached hydrogens (primary N) is 1. The molecule has 0 radical (unpaired) electrons. The van der Waals surface area contributed by atoms with Crippen molar-refractivity contribution in [2.75, 3.05) is 6.54 Å². The van der Waals surface area contributed by atoms with Gasteiger partial charge in [0.2, 0.25) is 11.8 Å². The largest absolute Gasteiger partial charge is 0.327 e. The van der Waals surface area contributed by atoms with Gasteiger partial charge < -0.3 is 16.0 Å². The number of hydrogen-bond donors (Lipinski definition) is 3. The molecule has 26 heavy (non-hydrogen) atoms. The first-order valence-corrected chi connectivity index (χ1v) is 9.22. The molecule has 4 N–H and O–H groups in total. The molecular formula is C19H26N4O3. The number of rotatable bonds is 7. The summed E-state index contributed by atoms with van der Waals surface area (Å²) in [5.74, 6) is -0.793. The minimum absolute atomic E-state index is 0.138. The second-order valence-electron chi connectivity index (χ2n) is 7.07. The van der Waals surface area contributed by atoms with Gasteiger partial charge in [0, 0.05) is 37.7 Å². The summed E-state index contributed by atoms with van der Waals surface area (Å²) in [6.45, 7) is 3.91. The summed E-state index contributed by atoms with van der Waals surface area (Å²) in [4.78, 5) is 37.7. The molecule has 2 heterocycles. The van der Waals surface area contributed by atoms with Crippen molar-refractivity contribution in [2.24, 2.45) is 5.73 Å². The van der Waals surface area contributed by atoms with Gasteiger partial charge >= 0.3 is 0 Å². The fourth-order valence-corrected chi connectivity index (χ4v) is 3.59. The number of benzene rings is 1. The van der Waals surface area contributed by atoms with E-state index in [1.54, 1.807) is 4.90 Å². The van der Waals surface area contributed by atoms with Crippen molar-refractivity contribution in [3.05, 3.63) is 34.9 Å². The maximum atomic E-state index is 12.8. The molecule has 3 amide bonds. The topological polar surface area (TPSA) is 105 Å². The fourth-order valence-electron chi connectivity index (χ4n) is 3.59. The molecule has 1 aromatic rings. The van der Waals surface area contributed by atoms with Crippen LogP contribution < -0.4 is 16.4 Å². The Bertz CT molecular complexity index is 719. The van der Waals surface area contributed by atoms with E-state index in [-0.39, 0.29) is 30.2 Å². The Balaban J connectivity index is 1.63. The molecule has 1 fully saturated rings. The van der Waals surface area contributed by atoms with Crippen molar-refractivity contribution in [3.63, 3.8) is 0 Å². The predicted molar refractivity (Wildman–Crippen MR) is 97.1 cm³/mol. The molecule has 140 valence electrons. The molecule has 0 spiro atoms. The van der Waals surface area contributed by atoms with Gasteiger partial charge in [0.25, 0.3) is 5.91 Å². The smallest absolute Gasteiger partial charge is 0.255 e. The van der Waals surface area contributed by atoms with Crippen molar-refractivity contribution in [1.82, 2.24) is 15.5 Å². The zero-order valence-corrected chi connectivity index (χ0v) is 15.1. The first kappa shape index (κ1) is 18.5. The second-order valence-corrected chi connectivity index (χ2v) is 7.07. The molecule has 7 heteroatoms. The van der Waals surface area contributed by atoms with Crippen LogP contribution in [0, 0.1) is 0 Å². The Hall–Kier alpha value is -2.25. The Morgan fingerprint density at radius 1 is 1.35 bits per heavy atom. The van der Waals surface area contributed by atoms with Crippen molar-refractivity contribution < 1.29 is 14.4 Å². The molecule has 3 rings (SSSR count). The lowest BCUT2D eigenvalue weighted by Crippen LogP contribution is -2.52. The van der Waals surface area contributed by atoms with Gasteiger partial charge in [0.05, 0.1) is 0 Å². The van der Waals surface area contributed by atoms with Gasteiger partial charge in [-0.05, 0) is 30.0 Å². The number of imide groups is 1. The van der Waals surface area contributed by atoms with Crippen LogP contribution in [0.5, 0.6) is 0 Å². The number of nitrogens with one attached hydrogen (secondary N) is 2. The van der Waals surface area contributed by atoms with E-state index in [2.05, 4.69) is 17.6 Å². The molecule has 2 unspecified atom stereocenters. The second kappa shape index (κ2) is 7.97. The van der Waals surface area contributed by atoms with E-state index in [9.17, 15) is 14.4 Å². The van der Waals surface area contributed by atoms with Crippen molar-refractivity contribution in [3.8, 4) is 0 Å². The summed E-state index contributed by atoms with van der Waals surface area (Å²) in [6, 6.07) is 5.41. The molecule has 1 saturated heterocycles. The third-order valence-electron chi connectivity index (χ3n) is 4.99. The molecule has 0 bridgehead atoms. The van der Waals surface area contributed by atoms with E-state index in [0.717, 1.165) is 30.5 Å². The van der Waals surface area contributed by atoms with E-state index in [4.69, 9.17) is 5.73 Å². The van der Waals surface area contributed by atoms with Crippen LogP contribution in [0.25, 0.3) is 0 Å². The quantitative estimate of drug-likeness (QED) is 0.621. The third kappa shape index (κ3) is 3.94. The molecular weight excluding hydrogens is 332 g/mol. The van der Waals surface area contributed by atoms with Crippen molar-refractivity contribution in [1.29, 1.82) is 0 Å². The number of amides is 3. The van der Waals surface area contributed by atoms with Crippen LogP contribution in [-0.2, 0) is 22.7 Å². The summed E-state index contributed by atoms with van der Waals surface area (Å²) >= 11 is 0. The Labute approximate surface area is 153 Å². The van der Waals surface area contributed by atoms with Crippen LogP contribution in [-0.4, -0.2) is 41.2 Å². The Morgan fingerprint density at radius 2 is 2.15 bits per heavy atom. The maximum Gasteiger partial charge on any atom is 0.255 e. The summed E-state index contributed by atoms with van der Waals surface area (Å²) in [6.07, 6.45) is 2.70. The van der Waals surface area contributed by atoms with Crippen LogP contribution in [0.3, 0.4) is 0 Å². The van der Waals surface area contributed by atoms with Crippen molar-refractivity contribution >= 4 is 17.7 Å². The summed E-state index contributed by atoms with van der Waals surface area (Å²) in [5.41, 5.74) is 8.59. The first-order valence-electron chi connectivity index (χ1n) is 9.22. The summed E-state index contributed by atoms with van der Waals surface area (Å²) < 4.78 is 0. The number of carbonyl (C=O) groups excluding carboxylic acids is 3. The SMILES string of the molecule is CCCC(N)CNCc1ccc2c(c1)C(=O)N(C1CCC(=O)NC1=O)C2. The highest BCUT2D eigenvalue weighted by Crippen LogP contribution is 2.28. The van der Waals surface area contributed by atoms with E-state index in [1.807, 2.05) is 18.2 Å². The van der Waals surface area contributed by atoms with Crippen LogP contribution in [0.15, 0.2) is 18.2 Å². The Morgan fingerprint density at radius 3 is 2.88 bits per heavy atom. The van der Waals surface area contributed by atoms with Gasteiger partial charge in [-0.2, -0.15) is 0 Å². The minimum Gasteiger partial charge on any atom is -0.327 e. The fraction of sp³-hybridized carbons (Fsp3) is 0.526. The highest BCUT2D eigenvalue weighted by molar-refractivity contribution is 6.05. The average molecular weight is 358 g/mol. The zero-order chi connectivity index (χ0) is 18.7. The lowest BCUT2D eigenvalue weighted by Gasteiger charge is -2.29. The van der Waals surface area contributed by atoms with Gasteiger partial charge in [0.1, 0.15) is 6.04 Å². The molecule has 0 aliphatic carbocycles. The number of carbonyl (C=O) groups is 3. The molecule has 2 aliphatic rings. The highest BCUT2D eigenvalue weighted by Gasteiger charge is 2.38. The Kier molecular flexibility index (Phi) is 5.68. The third-order valence-corrected chi connectivity index (χ3v) is 4.99. The normalized spacial score (nSPS) is 20.9. The lowest BCUT2D eigenvalue weighted by molar-refractivity contribution is -0.136. The number of fused-ring (bicyclic) bond motifs is 1. The van der Waals surface area contributed by atoms with Crippen LogP contribution >= 0.6 is 0 Å². The number of nitrogens with zero attached hydrogens (tertiary/aromatic N) is 1. The van der Waals surface area contributed by atoms with Crippen LogP contribution in [0.1, 0.15) is 54.1 Å². The van der Waals surface area contributed by atoms with E-state index in [1.165, 1.54) is 0 Å². The predicted octanol–water partition coefficient (Wildman–Crippen LogP) is 0.665. The van der Waals surface area contributed by atoms with Gasteiger partial charge in [0.15, 0.2) is 0 Å². The monoisotopic (exact) mass is 358 g/mol. The van der Waals surface area contributed by atoms with Gasteiger partial charge in [-0.1, -0.05) is 25.5 Å². The average Bonchev–Trinajstić information content (AvgIpc) is 2.92. The van der Waals surface area contributed by atoms with Crippen LogP contribution in [0.2, 0.25) is 0 Å². The standard InChI is InChI=1S/C19H26N4O3/c1-2-3-14(20)10-21-9-12-4-5-13-11-23(19(26)15(13)8-12)16-6-7-17(24)22-18(16)25/h4-5,8,14,16,21H,2-3,6-7,9-11,20H2,1H3,(H,22,24,25). The molecule has 2 atom stereocenters. The molecule has 2 aliphatic heterocycles. The van der Waals surface area contributed by atoms with Gasteiger partial charge in [-0.3, -0.25) is 19.7 Å². The van der Waals surface area contributed by atoms with E-state index in [0.29, 0.717) is 25.1 Å². The maximum absolute atomic E-state index is 12.8. The number of piperidine rings is 1. The molecule has 1 aromatic carbocycles. The van der Waals surface area contributed by atoms with Crippen LogP contribution in [0.4, 0.5) is 0 Å². The highest BCUT2D eigenvalue weighted by atomic mass is 16.2. The van der Waals surface area contributed by atoms with E-state index < -0.39 is 6.04 Å². The zero-order valence-electron chi connectivity index (χ0n) is 15.1. The summed E-state index contributed by atoms with van der Waals surface area (Å²) in [7, 11) is 0. The first-order chi connectivity index (χ1) is 12.5. The van der Waals surface area contributed by atoms with Crippen molar-refractivity contribution in [2.45, 2.75) is 57.8 Å². The molecule has 0 saturated carbocycles. The van der Waals surface area contributed by atoms with Gasteiger partial charge in [-0.15, -0.1) is 0 Å². The summed E-state index contributed by atoms with van der Waals surface area (Å²) in [5, 5.41) is 5.65. The lowest BCUT2D eigenvalue weighted by atomic mass is 10.0. The van der Waals surface area contributed by atoms with Gasteiger partial charge in [-0.25, -0.2) is 0 Å². The molecule has 0 aromatic heterocycles.